The van der Waals surface area contributed by atoms with Crippen LogP contribution in [-0.2, 0) is 4.74 Å². The van der Waals surface area contributed by atoms with E-state index in [0.29, 0.717) is 19.6 Å². The van der Waals surface area contributed by atoms with E-state index >= 15 is 0 Å². The van der Waals surface area contributed by atoms with Crippen molar-refractivity contribution in [3.8, 4) is 0 Å². The highest BCUT2D eigenvalue weighted by Crippen LogP contribution is 2.27. The molecule has 3 rings (SSSR count). The van der Waals surface area contributed by atoms with Crippen molar-refractivity contribution in [3.63, 3.8) is 0 Å². The minimum absolute atomic E-state index is 0.0538. The molecule has 0 aliphatic carbocycles. The molecule has 6 nitrogen and oxygen atoms in total. The number of benzene rings is 2. The maximum atomic E-state index is 12.4. The Hall–Kier alpha value is -3.02. The monoisotopic (exact) mass is 395 g/mol. The minimum Gasteiger partial charge on any atom is -0.453 e. The number of hydrogen-bond donors (Lipinski definition) is 2. The molecule has 2 N–H and O–H groups in total. The van der Waals surface area contributed by atoms with Gasteiger partial charge >= 0.3 is 12.1 Å². The summed E-state index contributed by atoms with van der Waals surface area (Å²) >= 11 is 0. The van der Waals surface area contributed by atoms with Crippen LogP contribution >= 0.6 is 0 Å². The molecular weight excluding hydrogens is 366 g/mol. The smallest absolute Gasteiger partial charge is 0.409 e. The summed E-state index contributed by atoms with van der Waals surface area (Å²) in [5.74, 6) is 0.224. The third-order valence-corrected chi connectivity index (χ3v) is 5.31. The molecule has 0 radical (unpaired) electrons. The second-order valence-electron chi connectivity index (χ2n) is 7.32. The molecular formula is C23H29N3O3. The molecule has 29 heavy (non-hydrogen) atoms. The van der Waals surface area contributed by atoms with Gasteiger partial charge in [-0.15, -0.1) is 0 Å². The number of nitrogens with one attached hydrogen (secondary N) is 2. The van der Waals surface area contributed by atoms with E-state index in [1.54, 1.807) is 4.90 Å². The zero-order valence-electron chi connectivity index (χ0n) is 16.8. The standard InChI is InChI=1S/C23H29N3O3/c1-29-23(28)26-16-8-13-20(17-26)25-22(27)24-15-14-21(18-9-4-2-5-10-18)19-11-6-3-7-12-19/h2-7,9-12,20-21H,8,13-17H2,1H3,(H2,24,25,27). The Kier molecular flexibility index (Phi) is 7.50. The third-order valence-electron chi connectivity index (χ3n) is 5.31. The van der Waals surface area contributed by atoms with Crippen LogP contribution in [0.4, 0.5) is 9.59 Å². The number of rotatable bonds is 6. The van der Waals surface area contributed by atoms with Crippen molar-refractivity contribution in [2.75, 3.05) is 26.7 Å². The summed E-state index contributed by atoms with van der Waals surface area (Å²) in [5, 5.41) is 5.95. The van der Waals surface area contributed by atoms with Crippen LogP contribution in [0.15, 0.2) is 60.7 Å². The van der Waals surface area contributed by atoms with E-state index in [9.17, 15) is 9.59 Å². The van der Waals surface area contributed by atoms with Gasteiger partial charge in [0.15, 0.2) is 0 Å². The second-order valence-corrected chi connectivity index (χ2v) is 7.32. The fourth-order valence-corrected chi connectivity index (χ4v) is 3.85. The zero-order valence-corrected chi connectivity index (χ0v) is 16.8. The molecule has 0 spiro atoms. The molecule has 154 valence electrons. The molecule has 6 heteroatoms. The lowest BCUT2D eigenvalue weighted by Gasteiger charge is -2.32. The molecule has 2 aromatic carbocycles. The van der Waals surface area contributed by atoms with Crippen LogP contribution in [0.5, 0.6) is 0 Å². The van der Waals surface area contributed by atoms with Gasteiger partial charge in [-0.1, -0.05) is 60.7 Å². The Morgan fingerprint density at radius 1 is 1.07 bits per heavy atom. The predicted molar refractivity (Wildman–Crippen MR) is 113 cm³/mol. The number of carbonyl (C=O) groups is 2. The fraction of sp³-hybridized carbons (Fsp3) is 0.391. The van der Waals surface area contributed by atoms with E-state index in [0.717, 1.165) is 19.3 Å². The third kappa shape index (κ3) is 5.98. The topological polar surface area (TPSA) is 70.7 Å². The van der Waals surface area contributed by atoms with Crippen LogP contribution in [-0.4, -0.2) is 49.8 Å². The summed E-state index contributed by atoms with van der Waals surface area (Å²) in [6, 6.07) is 20.5. The average Bonchev–Trinajstić information content (AvgIpc) is 2.77. The number of ether oxygens (including phenoxy) is 1. The van der Waals surface area contributed by atoms with Crippen molar-refractivity contribution in [2.45, 2.75) is 31.2 Å². The molecule has 0 aromatic heterocycles. The van der Waals surface area contributed by atoms with Crippen molar-refractivity contribution < 1.29 is 14.3 Å². The van der Waals surface area contributed by atoms with Crippen LogP contribution < -0.4 is 10.6 Å². The number of amides is 3. The Morgan fingerprint density at radius 3 is 2.28 bits per heavy atom. The van der Waals surface area contributed by atoms with Gasteiger partial charge in [0.05, 0.1) is 7.11 Å². The van der Waals surface area contributed by atoms with Gasteiger partial charge in [-0.25, -0.2) is 9.59 Å². The van der Waals surface area contributed by atoms with Gasteiger partial charge in [-0.3, -0.25) is 0 Å². The highest BCUT2D eigenvalue weighted by Gasteiger charge is 2.25. The minimum atomic E-state index is -0.342. The highest BCUT2D eigenvalue weighted by molar-refractivity contribution is 5.74. The normalized spacial score (nSPS) is 16.3. The SMILES string of the molecule is COC(=O)N1CCCC(NC(=O)NCCC(c2ccccc2)c2ccccc2)C1. The van der Waals surface area contributed by atoms with Crippen LogP contribution in [0.25, 0.3) is 0 Å². The molecule has 1 saturated heterocycles. The van der Waals surface area contributed by atoms with Gasteiger partial charge in [-0.2, -0.15) is 0 Å². The van der Waals surface area contributed by atoms with Crippen LogP contribution in [0.3, 0.4) is 0 Å². The molecule has 1 fully saturated rings. The van der Waals surface area contributed by atoms with E-state index in [4.69, 9.17) is 4.74 Å². The number of likely N-dealkylation sites (tertiary alicyclic amines) is 1. The van der Waals surface area contributed by atoms with E-state index in [-0.39, 0.29) is 24.1 Å². The van der Waals surface area contributed by atoms with Gasteiger partial charge in [0, 0.05) is 31.6 Å². The molecule has 1 heterocycles. The first kappa shape index (κ1) is 20.7. The van der Waals surface area contributed by atoms with Gasteiger partial charge in [0.1, 0.15) is 0 Å². The lowest BCUT2D eigenvalue weighted by Crippen LogP contribution is -2.52. The van der Waals surface area contributed by atoms with Gasteiger partial charge in [0.2, 0.25) is 0 Å². The fourth-order valence-electron chi connectivity index (χ4n) is 3.85. The molecule has 3 amide bonds. The zero-order chi connectivity index (χ0) is 20.5. The van der Waals surface area contributed by atoms with Crippen LogP contribution in [0, 0.1) is 0 Å². The summed E-state index contributed by atoms with van der Waals surface area (Å²) in [5.41, 5.74) is 2.48. The number of piperidine rings is 1. The first-order valence-electron chi connectivity index (χ1n) is 10.1. The second kappa shape index (κ2) is 10.5. The van der Waals surface area contributed by atoms with Gasteiger partial charge in [0.25, 0.3) is 0 Å². The van der Waals surface area contributed by atoms with E-state index in [1.165, 1.54) is 18.2 Å². The molecule has 0 bridgehead atoms. The summed E-state index contributed by atoms with van der Waals surface area (Å²) in [7, 11) is 1.38. The molecule has 1 unspecified atom stereocenters. The molecule has 1 atom stereocenters. The van der Waals surface area contributed by atoms with Crippen LogP contribution in [0.2, 0.25) is 0 Å². The van der Waals surface area contributed by atoms with Gasteiger partial charge < -0.3 is 20.3 Å². The Morgan fingerprint density at radius 2 is 1.69 bits per heavy atom. The summed E-state index contributed by atoms with van der Waals surface area (Å²) in [6.07, 6.45) is 2.17. The quantitative estimate of drug-likeness (QED) is 0.783. The molecule has 2 aromatic rings. The Bertz CT molecular complexity index is 743. The largest absolute Gasteiger partial charge is 0.453 e. The Labute approximate surface area is 172 Å². The summed E-state index contributed by atoms with van der Waals surface area (Å²) in [4.78, 5) is 25.7. The average molecular weight is 396 g/mol. The maximum Gasteiger partial charge on any atom is 0.409 e. The first-order valence-corrected chi connectivity index (χ1v) is 10.1. The number of hydrogen-bond acceptors (Lipinski definition) is 3. The first-order chi connectivity index (χ1) is 14.2. The molecule has 0 saturated carbocycles. The van der Waals surface area contributed by atoms with Crippen molar-refractivity contribution in [3.05, 3.63) is 71.8 Å². The van der Waals surface area contributed by atoms with Crippen molar-refractivity contribution in [2.24, 2.45) is 0 Å². The van der Waals surface area contributed by atoms with Crippen LogP contribution in [0.1, 0.15) is 36.3 Å². The molecule has 1 aliphatic heterocycles. The van der Waals surface area contributed by atoms with E-state index in [2.05, 4.69) is 34.9 Å². The van der Waals surface area contributed by atoms with Crippen molar-refractivity contribution in [1.29, 1.82) is 0 Å². The number of nitrogens with zero attached hydrogens (tertiary/aromatic N) is 1. The maximum absolute atomic E-state index is 12.4. The van der Waals surface area contributed by atoms with E-state index < -0.39 is 0 Å². The summed E-state index contributed by atoms with van der Waals surface area (Å²) in [6.45, 7) is 1.72. The van der Waals surface area contributed by atoms with Gasteiger partial charge in [-0.05, 0) is 30.4 Å². The summed E-state index contributed by atoms with van der Waals surface area (Å²) < 4.78 is 4.78. The van der Waals surface area contributed by atoms with Crippen molar-refractivity contribution >= 4 is 12.1 Å². The number of carbonyl (C=O) groups excluding carboxylic acids is 2. The number of urea groups is 1. The number of methoxy groups -OCH3 is 1. The highest BCUT2D eigenvalue weighted by atomic mass is 16.5. The lowest BCUT2D eigenvalue weighted by atomic mass is 9.88. The Balaban J connectivity index is 1.52. The van der Waals surface area contributed by atoms with Crippen molar-refractivity contribution in [1.82, 2.24) is 15.5 Å². The van der Waals surface area contributed by atoms with E-state index in [1.807, 2.05) is 36.4 Å². The molecule has 1 aliphatic rings. The lowest BCUT2D eigenvalue weighted by molar-refractivity contribution is 0.108. The predicted octanol–water partition coefficient (Wildman–Crippen LogP) is 3.74.